The first kappa shape index (κ1) is 40.8. The minimum Gasteiger partial charge on any atom is -0.354 e. The van der Waals surface area contributed by atoms with Crippen LogP contribution >= 0.6 is 0 Å². The second-order valence-electron chi connectivity index (χ2n) is 18.9. The predicted molar refractivity (Wildman–Crippen MR) is 263 cm³/mol. The van der Waals surface area contributed by atoms with Crippen molar-refractivity contribution in [3.8, 4) is 44.5 Å². The summed E-state index contributed by atoms with van der Waals surface area (Å²) in [5.74, 6) is 0. The minimum absolute atomic E-state index is 0.860. The number of hydrogen-bond donors (Lipinski definition) is 2. The number of nitrogens with zero attached hydrogens (tertiary/aromatic N) is 4. The Morgan fingerprint density at radius 3 is 0.806 bits per heavy atom. The largest absolute Gasteiger partial charge is 0.354 e. The fourth-order valence-corrected chi connectivity index (χ4v) is 8.88. The molecule has 3 aromatic heterocycles. The van der Waals surface area contributed by atoms with Crippen molar-refractivity contribution < 1.29 is 8.97 Å². The number of hydrogen-bond acceptors (Lipinski definition) is 2. The lowest BCUT2D eigenvalue weighted by atomic mass is 10.0. The van der Waals surface area contributed by atoms with E-state index < -0.39 is 0 Å². The quantitative estimate of drug-likeness (QED) is 0.135. The van der Waals surface area contributed by atoms with E-state index >= 15 is 0 Å². The van der Waals surface area contributed by atoms with Gasteiger partial charge in [0.25, 0.3) is 0 Å². The molecule has 7 aromatic rings. The molecule has 0 radical (unpaired) electrons. The summed E-state index contributed by atoms with van der Waals surface area (Å²) in [6.45, 7) is 6.29. The molecule has 0 fully saturated rings. The summed E-state index contributed by atoms with van der Waals surface area (Å²) in [5.41, 5.74) is 21.6. The predicted octanol–water partition coefficient (Wildman–Crippen LogP) is 12.9. The number of aromatic nitrogens is 4. The first-order valence-corrected chi connectivity index (χ1v) is 22.0. The van der Waals surface area contributed by atoms with Gasteiger partial charge in [-0.2, -0.15) is 0 Å². The lowest BCUT2D eigenvalue weighted by Gasteiger charge is -2.24. The molecule has 2 N–H and O–H groups in total. The highest BCUT2D eigenvalue weighted by atomic mass is 15.3. The Kier molecular flexibility index (Phi) is 10.8. The number of benzene rings is 4. The third-order valence-corrected chi connectivity index (χ3v) is 11.9. The number of nitrogens with one attached hydrogen (secondary N) is 2. The maximum absolute atomic E-state index is 5.54. The van der Waals surface area contributed by atoms with Gasteiger partial charge in [0, 0.05) is 55.4 Å². The van der Waals surface area contributed by atoms with Crippen molar-refractivity contribution >= 4 is 46.4 Å². The van der Waals surface area contributed by atoms with Gasteiger partial charge in [0.1, 0.15) is 13.1 Å². The van der Waals surface area contributed by atoms with Crippen molar-refractivity contribution in [1.82, 2.24) is 19.9 Å². The molecule has 0 unspecified atom stereocenters. The van der Waals surface area contributed by atoms with Crippen LogP contribution in [0.3, 0.4) is 0 Å². The van der Waals surface area contributed by atoms with Crippen LogP contribution in [0.5, 0.6) is 0 Å². The Morgan fingerprint density at radius 2 is 0.581 bits per heavy atom. The van der Waals surface area contributed by atoms with Crippen LogP contribution < -0.4 is 0 Å². The molecule has 0 saturated carbocycles. The molecule has 8 bridgehead atoms. The normalized spacial score (nSPS) is 12.6. The van der Waals surface area contributed by atoms with Gasteiger partial charge in [0.2, 0.25) is 0 Å². The van der Waals surface area contributed by atoms with E-state index in [-0.39, 0.29) is 0 Å². The maximum Gasteiger partial charge on any atom is 0.104 e. The van der Waals surface area contributed by atoms with E-state index in [1.165, 1.54) is 22.3 Å². The number of aryl methyl sites for hydroxylation is 2. The van der Waals surface area contributed by atoms with Crippen LogP contribution in [0.1, 0.15) is 58.9 Å². The number of quaternary nitrogens is 2. The highest BCUT2D eigenvalue weighted by Crippen LogP contribution is 2.39. The molecule has 6 heteroatoms. The average Bonchev–Trinajstić information content (AvgIpc) is 4.10. The van der Waals surface area contributed by atoms with Crippen LogP contribution in [0.15, 0.2) is 121 Å². The Balaban J connectivity index is 1.39. The molecule has 310 valence electrons. The van der Waals surface area contributed by atoms with Crippen molar-refractivity contribution in [3.05, 3.63) is 166 Å². The lowest BCUT2D eigenvalue weighted by Crippen LogP contribution is -2.33. The van der Waals surface area contributed by atoms with Gasteiger partial charge in [-0.05, 0) is 94.8 Å². The van der Waals surface area contributed by atoms with Crippen molar-refractivity contribution in [2.75, 3.05) is 42.3 Å². The average molecular weight is 815 g/mol. The lowest BCUT2D eigenvalue weighted by molar-refractivity contribution is -0.884. The molecule has 4 aromatic carbocycles. The van der Waals surface area contributed by atoms with E-state index in [9.17, 15) is 0 Å². The van der Waals surface area contributed by atoms with Crippen molar-refractivity contribution in [3.63, 3.8) is 0 Å². The van der Waals surface area contributed by atoms with Crippen LogP contribution in [0.4, 0.5) is 0 Å². The monoisotopic (exact) mass is 814 g/mol. The summed E-state index contributed by atoms with van der Waals surface area (Å²) in [6, 6.07) is 44.8. The Labute approximate surface area is 366 Å². The molecular formula is C56H58N6+2. The summed E-state index contributed by atoms with van der Waals surface area (Å²) in [5, 5.41) is 0. The number of aromatic amines is 2. The summed E-state index contributed by atoms with van der Waals surface area (Å²) < 4.78 is 1.72. The molecule has 2 aliphatic rings. The maximum atomic E-state index is 5.54. The van der Waals surface area contributed by atoms with Crippen LogP contribution in [-0.4, -0.2) is 71.2 Å². The smallest absolute Gasteiger partial charge is 0.104 e. The van der Waals surface area contributed by atoms with Crippen molar-refractivity contribution in [1.29, 1.82) is 0 Å². The third kappa shape index (κ3) is 8.49. The van der Waals surface area contributed by atoms with Gasteiger partial charge in [0.15, 0.2) is 0 Å². The van der Waals surface area contributed by atoms with E-state index in [1.807, 2.05) is 0 Å². The van der Waals surface area contributed by atoms with Gasteiger partial charge in [0.05, 0.1) is 65.1 Å². The number of H-pyrrole nitrogens is 2. The van der Waals surface area contributed by atoms with E-state index in [4.69, 9.17) is 9.97 Å². The van der Waals surface area contributed by atoms with Gasteiger partial charge in [-0.3, -0.25) is 0 Å². The van der Waals surface area contributed by atoms with Crippen LogP contribution in [0.2, 0.25) is 0 Å². The molecule has 2 aliphatic heterocycles. The standard InChI is InChI=1S/C56H58N6/c1-9-37-11-19-41(20-12-37)53-45-27-28-46(57-45)54(42-21-13-38(10-2)14-22-42)48-30-32-50(59-48)56(44-25-17-40(18-26-44)36-62(6,7)8)52-34-33-51(60-52)55(49-31-29-47(53)58-49)43-23-15-39(16-24-43)35-61(3,4)5/h11-34,58-59H,9-10,35-36H2,1-8H3/q+2. The highest BCUT2D eigenvalue weighted by molar-refractivity contribution is 5.99. The van der Waals surface area contributed by atoms with E-state index in [0.29, 0.717) is 0 Å². The summed E-state index contributed by atoms with van der Waals surface area (Å²) in [4.78, 5) is 18.9. The molecule has 0 spiro atoms. The molecule has 0 atom stereocenters. The zero-order valence-corrected chi connectivity index (χ0v) is 37.5. The molecule has 6 nitrogen and oxygen atoms in total. The molecule has 9 rings (SSSR count). The zero-order valence-electron chi connectivity index (χ0n) is 37.5. The summed E-state index contributed by atoms with van der Waals surface area (Å²) in [7, 11) is 13.4. The Morgan fingerprint density at radius 1 is 0.339 bits per heavy atom. The summed E-state index contributed by atoms with van der Waals surface area (Å²) in [6.07, 6.45) is 10.7. The number of rotatable bonds is 10. The van der Waals surface area contributed by atoms with Crippen LogP contribution in [0, 0.1) is 0 Å². The molecule has 0 saturated heterocycles. The van der Waals surface area contributed by atoms with Crippen molar-refractivity contribution in [2.45, 2.75) is 39.8 Å². The fraction of sp³-hybridized carbons (Fsp3) is 0.214. The van der Waals surface area contributed by atoms with Gasteiger partial charge in [-0.15, -0.1) is 0 Å². The fourth-order valence-electron chi connectivity index (χ4n) is 8.88. The van der Waals surface area contributed by atoms with Crippen molar-refractivity contribution in [2.24, 2.45) is 0 Å². The number of fused-ring (bicyclic) bond motifs is 8. The van der Waals surface area contributed by atoms with Gasteiger partial charge < -0.3 is 18.9 Å². The van der Waals surface area contributed by atoms with Gasteiger partial charge in [-0.25, -0.2) is 9.97 Å². The second-order valence-corrected chi connectivity index (χ2v) is 18.9. The van der Waals surface area contributed by atoms with E-state index in [0.717, 1.165) is 124 Å². The van der Waals surface area contributed by atoms with Crippen LogP contribution in [0.25, 0.3) is 90.9 Å². The summed E-state index contributed by atoms with van der Waals surface area (Å²) >= 11 is 0. The zero-order chi connectivity index (χ0) is 43.2. The minimum atomic E-state index is 0.860. The Bertz CT molecular complexity index is 2800. The van der Waals surface area contributed by atoms with Crippen LogP contribution in [-0.2, 0) is 25.9 Å². The first-order chi connectivity index (χ1) is 29.8. The SMILES string of the molecule is CCc1ccc(-c2c3nc(c(-c4ccc(CC)cc4)c4ccc([nH]4)c(-c4ccc(C[N+](C)(C)C)cc4)c4nc(c(-c5ccc(C[N+](C)(C)C)cc5)c5ccc2[nH]5)C=C4)C=C3)cc1. The molecule has 62 heavy (non-hydrogen) atoms. The second kappa shape index (κ2) is 16.4. The first-order valence-electron chi connectivity index (χ1n) is 22.0. The molecular weight excluding hydrogens is 757 g/mol. The molecule has 0 amide bonds. The van der Waals surface area contributed by atoms with E-state index in [1.54, 1.807) is 0 Å². The Hall–Kier alpha value is -6.60. The third-order valence-electron chi connectivity index (χ3n) is 11.9. The highest BCUT2D eigenvalue weighted by Gasteiger charge is 2.20. The topological polar surface area (TPSA) is 57.4 Å². The van der Waals surface area contributed by atoms with Gasteiger partial charge in [-0.1, -0.05) is 111 Å². The molecule has 5 heterocycles. The van der Waals surface area contributed by atoms with E-state index in [2.05, 4.69) is 212 Å². The van der Waals surface area contributed by atoms with Gasteiger partial charge >= 0.3 is 0 Å². The molecule has 0 aliphatic carbocycles.